The van der Waals surface area contributed by atoms with E-state index in [0.717, 1.165) is 11.6 Å². The Morgan fingerprint density at radius 2 is 1.88 bits per heavy atom. The summed E-state index contributed by atoms with van der Waals surface area (Å²) in [5.74, 6) is -1.87. The molecule has 126 valence electrons. The number of anilines is 1. The van der Waals surface area contributed by atoms with E-state index < -0.39 is 5.97 Å². The van der Waals surface area contributed by atoms with Gasteiger partial charge < -0.3 is 5.11 Å². The van der Waals surface area contributed by atoms with Gasteiger partial charge in [0, 0.05) is 12.5 Å². The van der Waals surface area contributed by atoms with Crippen molar-refractivity contribution in [2.75, 3.05) is 4.90 Å². The zero-order valence-corrected chi connectivity index (χ0v) is 13.5. The van der Waals surface area contributed by atoms with Crippen LogP contribution in [0.25, 0.3) is 6.08 Å². The van der Waals surface area contributed by atoms with Crippen molar-refractivity contribution < 1.29 is 19.5 Å². The summed E-state index contributed by atoms with van der Waals surface area (Å²) in [5.41, 5.74) is 2.11. The Morgan fingerprint density at radius 1 is 1.12 bits per heavy atom. The van der Waals surface area contributed by atoms with E-state index in [-0.39, 0.29) is 24.2 Å². The van der Waals surface area contributed by atoms with E-state index in [1.165, 1.54) is 11.0 Å². The highest BCUT2D eigenvalue weighted by Gasteiger charge is 2.39. The number of amides is 2. The molecule has 5 heteroatoms. The average molecular weight is 335 g/mol. The molecule has 1 heterocycles. The SMILES string of the molecule is O=C(O)/C=C/c1cccc(N2C(=O)C[C@@H](Cc3ccccc3)C2=O)c1. The highest BCUT2D eigenvalue weighted by Crippen LogP contribution is 2.29. The Morgan fingerprint density at radius 3 is 2.60 bits per heavy atom. The van der Waals surface area contributed by atoms with Crippen molar-refractivity contribution in [2.24, 2.45) is 5.92 Å². The van der Waals surface area contributed by atoms with Crippen molar-refractivity contribution in [2.45, 2.75) is 12.8 Å². The summed E-state index contributed by atoms with van der Waals surface area (Å²) in [5, 5.41) is 8.71. The van der Waals surface area contributed by atoms with Crippen LogP contribution in [0.15, 0.2) is 60.7 Å². The van der Waals surface area contributed by atoms with Crippen LogP contribution in [0.3, 0.4) is 0 Å². The first-order chi connectivity index (χ1) is 12.0. The van der Waals surface area contributed by atoms with E-state index in [1.54, 1.807) is 24.3 Å². The summed E-state index contributed by atoms with van der Waals surface area (Å²) >= 11 is 0. The smallest absolute Gasteiger partial charge is 0.328 e. The highest BCUT2D eigenvalue weighted by molar-refractivity contribution is 6.21. The fourth-order valence-electron chi connectivity index (χ4n) is 2.96. The summed E-state index contributed by atoms with van der Waals surface area (Å²) in [6.45, 7) is 0. The van der Waals surface area contributed by atoms with Gasteiger partial charge in [-0.1, -0.05) is 42.5 Å². The lowest BCUT2D eigenvalue weighted by atomic mass is 9.98. The van der Waals surface area contributed by atoms with E-state index in [0.29, 0.717) is 17.7 Å². The molecule has 2 aromatic rings. The van der Waals surface area contributed by atoms with E-state index in [4.69, 9.17) is 5.11 Å². The molecule has 1 aliphatic rings. The number of nitrogens with zero attached hydrogens (tertiary/aromatic N) is 1. The molecule has 0 bridgehead atoms. The van der Waals surface area contributed by atoms with Crippen LogP contribution in [0.5, 0.6) is 0 Å². The number of carbonyl (C=O) groups is 3. The molecule has 1 aliphatic heterocycles. The zero-order valence-electron chi connectivity index (χ0n) is 13.5. The van der Waals surface area contributed by atoms with Crippen molar-refractivity contribution in [1.82, 2.24) is 0 Å². The first-order valence-corrected chi connectivity index (χ1v) is 7.96. The number of carboxylic acids is 1. The molecule has 3 rings (SSSR count). The molecule has 2 aromatic carbocycles. The quantitative estimate of drug-likeness (QED) is 0.673. The summed E-state index contributed by atoms with van der Waals surface area (Å²) in [6, 6.07) is 16.3. The Kier molecular flexibility index (Phi) is 4.75. The van der Waals surface area contributed by atoms with Gasteiger partial charge in [0.15, 0.2) is 0 Å². The van der Waals surface area contributed by atoms with Gasteiger partial charge in [0.25, 0.3) is 0 Å². The molecule has 1 atom stereocenters. The summed E-state index contributed by atoms with van der Waals surface area (Å²) in [7, 11) is 0. The first kappa shape index (κ1) is 16.6. The van der Waals surface area contributed by atoms with E-state index in [2.05, 4.69) is 0 Å². The van der Waals surface area contributed by atoms with Crippen molar-refractivity contribution in [3.05, 3.63) is 71.8 Å². The molecule has 25 heavy (non-hydrogen) atoms. The first-order valence-electron chi connectivity index (χ1n) is 7.96. The number of hydrogen-bond donors (Lipinski definition) is 1. The third kappa shape index (κ3) is 3.83. The fourth-order valence-corrected chi connectivity index (χ4v) is 2.96. The summed E-state index contributed by atoms with van der Waals surface area (Å²) < 4.78 is 0. The molecule has 0 spiro atoms. The van der Waals surface area contributed by atoms with Gasteiger partial charge in [-0.25, -0.2) is 4.79 Å². The van der Waals surface area contributed by atoms with Gasteiger partial charge in [0.2, 0.25) is 11.8 Å². The van der Waals surface area contributed by atoms with Gasteiger partial charge in [-0.3, -0.25) is 14.5 Å². The molecule has 0 aromatic heterocycles. The number of rotatable bonds is 5. The van der Waals surface area contributed by atoms with Gasteiger partial charge in [-0.15, -0.1) is 0 Å². The Balaban J connectivity index is 1.81. The molecule has 0 radical (unpaired) electrons. The summed E-state index contributed by atoms with van der Waals surface area (Å²) in [4.78, 5) is 36.9. The maximum Gasteiger partial charge on any atom is 0.328 e. The van der Waals surface area contributed by atoms with E-state index in [9.17, 15) is 14.4 Å². The number of carboxylic acid groups (broad SMARTS) is 1. The predicted octanol–water partition coefficient (Wildman–Crippen LogP) is 2.91. The lowest BCUT2D eigenvalue weighted by Gasteiger charge is -2.15. The fraction of sp³-hybridized carbons (Fsp3) is 0.150. The second-order valence-electron chi connectivity index (χ2n) is 5.92. The van der Waals surface area contributed by atoms with E-state index in [1.807, 2.05) is 30.3 Å². The maximum absolute atomic E-state index is 12.7. The van der Waals surface area contributed by atoms with Gasteiger partial charge in [0.05, 0.1) is 11.6 Å². The van der Waals surface area contributed by atoms with E-state index >= 15 is 0 Å². The number of aliphatic carboxylic acids is 1. The molecule has 1 N–H and O–H groups in total. The van der Waals surface area contributed by atoms with Crippen molar-refractivity contribution in [3.8, 4) is 0 Å². The maximum atomic E-state index is 12.7. The molecule has 1 saturated heterocycles. The monoisotopic (exact) mass is 335 g/mol. The normalized spacial score (nSPS) is 17.4. The minimum Gasteiger partial charge on any atom is -0.478 e. The number of imide groups is 1. The van der Waals surface area contributed by atoms with Crippen LogP contribution in [0, 0.1) is 5.92 Å². The molecule has 0 unspecified atom stereocenters. The number of carbonyl (C=O) groups excluding carboxylic acids is 2. The van der Waals surface area contributed by atoms with Gasteiger partial charge >= 0.3 is 5.97 Å². The minimum absolute atomic E-state index is 0.183. The Bertz CT molecular complexity index is 842. The third-order valence-corrected chi connectivity index (χ3v) is 4.11. The molecule has 5 nitrogen and oxygen atoms in total. The van der Waals surface area contributed by atoms with Crippen molar-refractivity contribution in [3.63, 3.8) is 0 Å². The topological polar surface area (TPSA) is 74.7 Å². The van der Waals surface area contributed by atoms with Gasteiger partial charge in [0.1, 0.15) is 0 Å². The minimum atomic E-state index is -1.05. The molecule has 0 saturated carbocycles. The van der Waals surface area contributed by atoms with Crippen LogP contribution < -0.4 is 4.90 Å². The lowest BCUT2D eigenvalue weighted by Crippen LogP contribution is -2.30. The lowest BCUT2D eigenvalue weighted by molar-refractivity contribution is -0.131. The molecular weight excluding hydrogens is 318 g/mol. The number of benzene rings is 2. The van der Waals surface area contributed by atoms with Crippen molar-refractivity contribution >= 4 is 29.5 Å². The van der Waals surface area contributed by atoms with Crippen LogP contribution >= 0.6 is 0 Å². The summed E-state index contributed by atoms with van der Waals surface area (Å²) in [6.07, 6.45) is 3.16. The second kappa shape index (κ2) is 7.13. The Labute approximate surface area is 145 Å². The third-order valence-electron chi connectivity index (χ3n) is 4.11. The predicted molar refractivity (Wildman–Crippen MR) is 93.9 cm³/mol. The second-order valence-corrected chi connectivity index (χ2v) is 5.92. The largest absolute Gasteiger partial charge is 0.478 e. The molecule has 0 aliphatic carbocycles. The van der Waals surface area contributed by atoms with Crippen LogP contribution in [0.1, 0.15) is 17.5 Å². The molecule has 1 fully saturated rings. The number of hydrogen-bond acceptors (Lipinski definition) is 3. The van der Waals surface area contributed by atoms with Crippen LogP contribution in [-0.4, -0.2) is 22.9 Å². The zero-order chi connectivity index (χ0) is 17.8. The van der Waals surface area contributed by atoms with Gasteiger partial charge in [-0.2, -0.15) is 0 Å². The molecule has 2 amide bonds. The Hall–Kier alpha value is -3.21. The van der Waals surface area contributed by atoms with Gasteiger partial charge in [-0.05, 0) is 35.8 Å². The van der Waals surface area contributed by atoms with Crippen LogP contribution in [0.2, 0.25) is 0 Å². The standard InChI is InChI=1S/C20H17NO4/c22-18-13-16(11-14-5-2-1-3-6-14)20(25)21(18)17-8-4-7-15(12-17)9-10-19(23)24/h1-10,12,16H,11,13H2,(H,23,24)/b10-9+/t16-/m1/s1. The van der Waals surface area contributed by atoms with Crippen LogP contribution in [0.4, 0.5) is 5.69 Å². The van der Waals surface area contributed by atoms with Crippen molar-refractivity contribution in [1.29, 1.82) is 0 Å². The van der Waals surface area contributed by atoms with Crippen LogP contribution in [-0.2, 0) is 20.8 Å². The highest BCUT2D eigenvalue weighted by atomic mass is 16.4. The molecular formula is C20H17NO4. The average Bonchev–Trinajstić information content (AvgIpc) is 2.88.